The molecule has 0 unspecified atom stereocenters. The van der Waals surface area contributed by atoms with Crippen molar-refractivity contribution in [1.82, 2.24) is 19.4 Å². The third kappa shape index (κ3) is 10.2. The molecule has 0 bridgehead atoms. The van der Waals surface area contributed by atoms with E-state index in [1.807, 2.05) is 110 Å². The van der Waals surface area contributed by atoms with E-state index in [1.54, 1.807) is 47.8 Å². The topological polar surface area (TPSA) is 155 Å². The second-order valence-corrected chi connectivity index (χ2v) is 22.2. The third-order valence-electron chi connectivity index (χ3n) is 10.6. The molecular formula is C48H44N4O8S6. The van der Waals surface area contributed by atoms with E-state index >= 15 is 0 Å². The Morgan fingerprint density at radius 1 is 0.500 bits per heavy atom. The highest BCUT2D eigenvalue weighted by Gasteiger charge is 2.30. The number of hydrogen-bond acceptors (Lipinski definition) is 14. The van der Waals surface area contributed by atoms with Crippen molar-refractivity contribution < 1.29 is 35.8 Å². The Balaban J connectivity index is 0.000000166. The average molecular weight is 997 g/mol. The van der Waals surface area contributed by atoms with Crippen molar-refractivity contribution in [3.63, 3.8) is 0 Å². The van der Waals surface area contributed by atoms with Gasteiger partial charge in [-0.25, -0.2) is 26.8 Å². The van der Waals surface area contributed by atoms with Gasteiger partial charge in [0.1, 0.15) is 10.0 Å². The van der Waals surface area contributed by atoms with E-state index < -0.39 is 32.1 Å². The molecular weight excluding hydrogens is 953 g/mol. The number of aromatic nitrogens is 2. The minimum absolute atomic E-state index is 0.125. The van der Waals surface area contributed by atoms with Gasteiger partial charge in [0.15, 0.2) is 23.0 Å². The fourth-order valence-electron chi connectivity index (χ4n) is 7.40. The van der Waals surface area contributed by atoms with Crippen LogP contribution in [0.3, 0.4) is 0 Å². The molecule has 0 spiro atoms. The van der Waals surface area contributed by atoms with Crippen LogP contribution in [0.5, 0.6) is 23.0 Å². The second-order valence-electron chi connectivity index (χ2n) is 15.0. The lowest BCUT2D eigenvalue weighted by Gasteiger charge is -2.20. The van der Waals surface area contributed by atoms with E-state index in [9.17, 15) is 16.8 Å². The van der Waals surface area contributed by atoms with Crippen LogP contribution in [0.25, 0.3) is 20.4 Å². The highest BCUT2D eigenvalue weighted by molar-refractivity contribution is 7.99. The first-order valence-corrected chi connectivity index (χ1v) is 28.0. The van der Waals surface area contributed by atoms with Gasteiger partial charge >= 0.3 is 0 Å². The minimum atomic E-state index is -3.89. The molecule has 12 nitrogen and oxygen atoms in total. The largest absolute Gasteiger partial charge is 0.490 e. The summed E-state index contributed by atoms with van der Waals surface area (Å²) in [5.74, 6) is 2.00. The van der Waals surface area contributed by atoms with Crippen LogP contribution in [-0.4, -0.2) is 65.7 Å². The molecule has 2 aromatic heterocycles. The smallest absolute Gasteiger partial charge is 0.241 e. The zero-order valence-corrected chi connectivity index (χ0v) is 40.6. The first kappa shape index (κ1) is 46.0. The summed E-state index contributed by atoms with van der Waals surface area (Å²) in [7, 11) is -7.78. The molecule has 0 saturated carbocycles. The van der Waals surface area contributed by atoms with E-state index in [1.165, 1.54) is 34.8 Å². The number of thiazole rings is 2. The fraction of sp³-hybridized carbons (Fsp3) is 0.208. The van der Waals surface area contributed by atoms with Crippen molar-refractivity contribution in [2.75, 3.05) is 38.9 Å². The lowest BCUT2D eigenvalue weighted by molar-refractivity contribution is 0.296. The van der Waals surface area contributed by atoms with Gasteiger partial charge in [-0.2, -0.15) is 9.44 Å². The number of ether oxygens (including phenoxy) is 4. The molecule has 2 atom stereocenters. The summed E-state index contributed by atoms with van der Waals surface area (Å²) in [5, 5.41) is 1.38. The molecule has 18 heteroatoms. The number of rotatable bonds is 12. The molecule has 340 valence electrons. The third-order valence-corrected chi connectivity index (χ3v) is 17.3. The highest BCUT2D eigenvalue weighted by Crippen LogP contribution is 2.39. The molecule has 0 fully saturated rings. The van der Waals surface area contributed by atoms with Gasteiger partial charge in [-0.15, -0.1) is 46.2 Å². The molecule has 66 heavy (non-hydrogen) atoms. The molecule has 6 aromatic carbocycles. The molecule has 0 radical (unpaired) electrons. The summed E-state index contributed by atoms with van der Waals surface area (Å²) < 4.78 is 84.7. The Bertz CT molecular complexity index is 2950. The van der Waals surface area contributed by atoms with E-state index in [-0.39, 0.29) is 9.79 Å². The lowest BCUT2D eigenvalue weighted by Crippen LogP contribution is -2.29. The number of nitrogens with zero attached hydrogens (tertiary/aromatic N) is 2. The van der Waals surface area contributed by atoms with E-state index in [0.717, 1.165) is 54.2 Å². The van der Waals surface area contributed by atoms with Crippen LogP contribution in [-0.2, 0) is 20.0 Å². The average Bonchev–Trinajstić information content (AvgIpc) is 3.80. The second kappa shape index (κ2) is 20.4. The maximum absolute atomic E-state index is 13.5. The zero-order chi connectivity index (χ0) is 45.7. The molecule has 0 amide bonds. The maximum atomic E-state index is 13.5. The van der Waals surface area contributed by atoms with Crippen LogP contribution >= 0.6 is 46.2 Å². The van der Waals surface area contributed by atoms with E-state index in [0.29, 0.717) is 59.4 Å². The van der Waals surface area contributed by atoms with Crippen molar-refractivity contribution in [2.24, 2.45) is 0 Å². The Morgan fingerprint density at radius 2 is 0.879 bits per heavy atom. The first-order chi connectivity index (χ1) is 32.1. The Labute approximate surface area is 400 Å². The summed E-state index contributed by atoms with van der Waals surface area (Å²) in [6.45, 7) is 2.06. The maximum Gasteiger partial charge on any atom is 0.241 e. The number of sulfonamides is 2. The molecule has 2 aliphatic rings. The predicted octanol–water partition coefficient (Wildman–Crippen LogP) is 10.5. The van der Waals surface area contributed by atoms with Crippen LogP contribution < -0.4 is 28.4 Å². The monoisotopic (exact) mass is 996 g/mol. The molecule has 2 N–H and O–H groups in total. The van der Waals surface area contributed by atoms with Crippen molar-refractivity contribution in [1.29, 1.82) is 0 Å². The van der Waals surface area contributed by atoms with Gasteiger partial charge in [-0.3, -0.25) is 0 Å². The Hall–Kier alpha value is -5.18. The molecule has 0 aliphatic carbocycles. The summed E-state index contributed by atoms with van der Waals surface area (Å²) in [4.78, 5) is 11.8. The summed E-state index contributed by atoms with van der Waals surface area (Å²) >= 11 is 6.12. The highest BCUT2D eigenvalue weighted by atomic mass is 32.2. The Kier molecular flexibility index (Phi) is 14.2. The van der Waals surface area contributed by atoms with Gasteiger partial charge < -0.3 is 18.9 Å². The number of fused-ring (bicyclic) bond motifs is 4. The zero-order valence-electron chi connectivity index (χ0n) is 35.7. The fourth-order valence-corrected chi connectivity index (χ4v) is 13.3. The molecule has 4 heterocycles. The minimum Gasteiger partial charge on any atom is -0.490 e. The number of thioether (sulfide) groups is 2. The standard InChI is InChI=1S/2C24H22N2O4S3/c2*1-31-21-9-4-2-7-17(21)23(24-25-18-8-3-5-10-22(18)32-24)26-33(27,28)16-11-12-19-20(15-16)30-14-6-13-29-19/h2*2-5,7-12,15,23,26H,6,13-14H2,1H3/t2*23-/m10/s1. The summed E-state index contributed by atoms with van der Waals surface area (Å²) in [6, 6.07) is 39.4. The van der Waals surface area contributed by atoms with Crippen LogP contribution in [0, 0.1) is 0 Å². The van der Waals surface area contributed by atoms with Gasteiger partial charge in [0, 0.05) is 34.8 Å². The van der Waals surface area contributed by atoms with Crippen molar-refractivity contribution >= 4 is 86.7 Å². The van der Waals surface area contributed by atoms with Crippen LogP contribution in [0.1, 0.15) is 46.1 Å². The van der Waals surface area contributed by atoms with Gasteiger partial charge in [0.2, 0.25) is 20.0 Å². The van der Waals surface area contributed by atoms with Crippen LogP contribution in [0.4, 0.5) is 0 Å². The van der Waals surface area contributed by atoms with Crippen molar-refractivity contribution in [3.05, 3.63) is 155 Å². The lowest BCUT2D eigenvalue weighted by atomic mass is 10.1. The Morgan fingerprint density at radius 3 is 1.29 bits per heavy atom. The van der Waals surface area contributed by atoms with Gasteiger partial charge in [0.05, 0.1) is 68.7 Å². The molecule has 10 rings (SSSR count). The van der Waals surface area contributed by atoms with Gasteiger partial charge in [0.25, 0.3) is 0 Å². The van der Waals surface area contributed by atoms with Gasteiger partial charge in [-0.1, -0.05) is 60.7 Å². The molecule has 8 aromatic rings. The summed E-state index contributed by atoms with van der Waals surface area (Å²) in [5.41, 5.74) is 3.42. The normalized spacial score (nSPS) is 14.7. The molecule has 0 saturated heterocycles. The SMILES string of the molecule is CSc1ccccc1[C@@H](NS(=O)(=O)c1ccc2c(c1)OCCCO2)c1nc2ccccc2s1.CSc1ccccc1[C@H](NS(=O)(=O)c1ccc2c(c1)OCCCO2)c1nc2ccccc2s1. The van der Waals surface area contributed by atoms with Crippen molar-refractivity contribution in [3.8, 4) is 23.0 Å². The van der Waals surface area contributed by atoms with Gasteiger partial charge in [-0.05, 0) is 84.3 Å². The van der Waals surface area contributed by atoms with E-state index in [2.05, 4.69) is 9.44 Å². The number of benzene rings is 6. The number of para-hydroxylation sites is 2. The van der Waals surface area contributed by atoms with Crippen LogP contribution in [0.2, 0.25) is 0 Å². The quantitative estimate of drug-likeness (QED) is 0.112. The first-order valence-electron chi connectivity index (χ1n) is 20.9. The molecule has 2 aliphatic heterocycles. The van der Waals surface area contributed by atoms with E-state index in [4.69, 9.17) is 28.9 Å². The van der Waals surface area contributed by atoms with Crippen molar-refractivity contribution in [2.45, 2.75) is 44.5 Å². The van der Waals surface area contributed by atoms with Crippen LogP contribution in [0.15, 0.2) is 153 Å². The number of nitrogens with one attached hydrogen (secondary N) is 2. The number of hydrogen-bond donors (Lipinski definition) is 2. The predicted molar refractivity (Wildman–Crippen MR) is 264 cm³/mol. The summed E-state index contributed by atoms with van der Waals surface area (Å²) in [6.07, 6.45) is 5.46.